The Labute approximate surface area is 204 Å². The van der Waals surface area contributed by atoms with Crippen molar-refractivity contribution in [1.82, 2.24) is 0 Å². The van der Waals surface area contributed by atoms with Gasteiger partial charge >= 0.3 is 0 Å². The maximum atomic E-state index is 10.9. The van der Waals surface area contributed by atoms with E-state index in [1.807, 2.05) is 31.2 Å². The molecule has 4 unspecified atom stereocenters. The van der Waals surface area contributed by atoms with Crippen molar-refractivity contribution in [3.63, 3.8) is 0 Å². The fourth-order valence-electron chi connectivity index (χ4n) is 5.19. The van der Waals surface area contributed by atoms with Crippen LogP contribution in [0.2, 0.25) is 0 Å². The third-order valence-corrected chi connectivity index (χ3v) is 7.64. The molecule has 0 saturated carbocycles. The molecule has 186 valence electrons. The lowest BCUT2D eigenvalue weighted by molar-refractivity contribution is 0.167. The van der Waals surface area contributed by atoms with Crippen LogP contribution < -0.4 is 0 Å². The van der Waals surface area contributed by atoms with E-state index < -0.39 is 12.2 Å². The molecule has 2 heteroatoms. The Morgan fingerprint density at radius 2 is 1.33 bits per heavy atom. The molecule has 0 aliphatic heterocycles. The fourth-order valence-corrected chi connectivity index (χ4v) is 5.19. The highest BCUT2D eigenvalue weighted by molar-refractivity contribution is 5.45. The Morgan fingerprint density at radius 3 is 1.91 bits per heavy atom. The first-order valence-electron chi connectivity index (χ1n) is 13.5. The molecular weight excluding hydrogens is 404 g/mol. The minimum atomic E-state index is -0.610. The summed E-state index contributed by atoms with van der Waals surface area (Å²) in [4.78, 5) is 0. The summed E-state index contributed by atoms with van der Waals surface area (Å²) in [6, 6.07) is 7.70. The Balaban J connectivity index is 1.69. The largest absolute Gasteiger partial charge is 0.384 e. The Morgan fingerprint density at radius 1 is 0.818 bits per heavy atom. The van der Waals surface area contributed by atoms with E-state index in [1.165, 1.54) is 56.9 Å². The molecule has 0 saturated heterocycles. The van der Waals surface area contributed by atoms with Crippen LogP contribution in [0, 0.1) is 17.8 Å². The van der Waals surface area contributed by atoms with Crippen LogP contribution in [0.25, 0.3) is 0 Å². The zero-order valence-corrected chi connectivity index (χ0v) is 22.2. The van der Waals surface area contributed by atoms with Gasteiger partial charge in [0.1, 0.15) is 12.2 Å². The van der Waals surface area contributed by atoms with Crippen molar-refractivity contribution in [2.75, 3.05) is 0 Å². The third kappa shape index (κ3) is 9.06. The highest BCUT2D eigenvalue weighted by Crippen LogP contribution is 2.41. The first-order chi connectivity index (χ1) is 15.7. The number of allylic oxidation sites excluding steroid dienone is 2. The van der Waals surface area contributed by atoms with Gasteiger partial charge in [-0.3, -0.25) is 0 Å². The maximum absolute atomic E-state index is 10.9. The first kappa shape index (κ1) is 27.9. The van der Waals surface area contributed by atoms with Crippen molar-refractivity contribution in [3.05, 3.63) is 58.2 Å². The summed E-state index contributed by atoms with van der Waals surface area (Å²) in [7, 11) is 0. The number of benzene rings is 1. The minimum absolute atomic E-state index is 0.605. The van der Waals surface area contributed by atoms with Gasteiger partial charge in [0.15, 0.2) is 0 Å². The predicted octanol–water partition coefficient (Wildman–Crippen LogP) is 8.86. The maximum Gasteiger partial charge on any atom is 0.101 e. The summed E-state index contributed by atoms with van der Waals surface area (Å²) < 4.78 is 0. The summed E-state index contributed by atoms with van der Waals surface area (Å²) >= 11 is 0. The molecule has 33 heavy (non-hydrogen) atoms. The predicted molar refractivity (Wildman–Crippen MR) is 142 cm³/mol. The quantitative estimate of drug-likeness (QED) is 0.276. The third-order valence-electron chi connectivity index (χ3n) is 7.64. The standard InChI is InChI=1S/C31H50O2/c1-22(2)12-9-13-23(3)14-10-15-24(4)16-11-17-25(5)20-21-27-26(6)30(32)28-18-7-8-19-29(28)31(27)33/h7-8,18-20,22-24,30-33H,9-17,21H2,1-6H3/b25-20+. The van der Waals surface area contributed by atoms with Crippen molar-refractivity contribution in [1.29, 1.82) is 0 Å². The molecule has 0 radical (unpaired) electrons. The summed E-state index contributed by atoms with van der Waals surface area (Å²) in [6.45, 7) is 13.6. The van der Waals surface area contributed by atoms with Crippen molar-refractivity contribution < 1.29 is 10.2 Å². The van der Waals surface area contributed by atoms with Gasteiger partial charge in [-0.1, -0.05) is 109 Å². The summed E-state index contributed by atoms with van der Waals surface area (Å²) in [6.07, 6.45) is 13.7. The summed E-state index contributed by atoms with van der Waals surface area (Å²) in [5.74, 6) is 2.52. The molecule has 1 aromatic rings. The molecule has 1 aromatic carbocycles. The second-order valence-electron chi connectivity index (χ2n) is 11.3. The van der Waals surface area contributed by atoms with Crippen LogP contribution in [0.15, 0.2) is 47.1 Å². The molecule has 0 spiro atoms. The monoisotopic (exact) mass is 454 g/mol. The molecule has 0 aromatic heterocycles. The Kier molecular flexibility index (Phi) is 11.9. The normalized spacial score (nSPS) is 20.8. The number of aliphatic hydroxyl groups excluding tert-OH is 2. The van der Waals surface area contributed by atoms with E-state index in [9.17, 15) is 10.2 Å². The van der Waals surface area contributed by atoms with Crippen LogP contribution in [-0.4, -0.2) is 10.2 Å². The van der Waals surface area contributed by atoms with Crippen molar-refractivity contribution in [2.24, 2.45) is 17.8 Å². The topological polar surface area (TPSA) is 40.5 Å². The van der Waals surface area contributed by atoms with Crippen LogP contribution in [-0.2, 0) is 0 Å². The zero-order valence-electron chi connectivity index (χ0n) is 22.2. The van der Waals surface area contributed by atoms with Crippen molar-refractivity contribution in [3.8, 4) is 0 Å². The van der Waals surface area contributed by atoms with Crippen LogP contribution in [0.5, 0.6) is 0 Å². The van der Waals surface area contributed by atoms with Crippen molar-refractivity contribution in [2.45, 2.75) is 118 Å². The lowest BCUT2D eigenvalue weighted by Gasteiger charge is -2.30. The van der Waals surface area contributed by atoms with Crippen LogP contribution in [0.4, 0.5) is 0 Å². The van der Waals surface area contributed by atoms with E-state index in [-0.39, 0.29) is 0 Å². The molecule has 2 nitrogen and oxygen atoms in total. The van der Waals surface area contributed by atoms with Crippen LogP contribution in [0.1, 0.15) is 129 Å². The van der Waals surface area contributed by atoms with E-state index in [2.05, 4.69) is 40.7 Å². The molecular formula is C31H50O2. The zero-order chi connectivity index (χ0) is 24.4. The fraction of sp³-hybridized carbons (Fsp3) is 0.677. The smallest absolute Gasteiger partial charge is 0.101 e. The molecule has 0 fully saturated rings. The van der Waals surface area contributed by atoms with Crippen molar-refractivity contribution >= 4 is 0 Å². The number of fused-ring (bicyclic) bond motifs is 1. The average molecular weight is 455 g/mol. The molecule has 0 amide bonds. The van der Waals surface area contributed by atoms with Gasteiger partial charge < -0.3 is 10.2 Å². The van der Waals surface area contributed by atoms with E-state index in [4.69, 9.17) is 0 Å². The second kappa shape index (κ2) is 14.1. The van der Waals surface area contributed by atoms with Gasteiger partial charge in [0, 0.05) is 0 Å². The molecule has 2 N–H and O–H groups in total. The van der Waals surface area contributed by atoms with Gasteiger partial charge in [-0.25, -0.2) is 0 Å². The Hall–Kier alpha value is -1.38. The molecule has 4 atom stereocenters. The van der Waals surface area contributed by atoms with Gasteiger partial charge in [-0.05, 0) is 73.1 Å². The highest BCUT2D eigenvalue weighted by Gasteiger charge is 2.29. The van der Waals surface area contributed by atoms with Gasteiger partial charge in [0.05, 0.1) is 0 Å². The second-order valence-corrected chi connectivity index (χ2v) is 11.3. The summed E-state index contributed by atoms with van der Waals surface area (Å²) in [5, 5.41) is 21.5. The molecule has 0 bridgehead atoms. The van der Waals surface area contributed by atoms with E-state index in [1.54, 1.807) is 0 Å². The number of aliphatic hydroxyl groups is 2. The summed E-state index contributed by atoms with van der Waals surface area (Å²) in [5.41, 5.74) is 4.93. The molecule has 1 aliphatic carbocycles. The lowest BCUT2D eigenvalue weighted by atomic mass is 9.81. The van der Waals surface area contributed by atoms with Crippen LogP contribution >= 0.6 is 0 Å². The number of rotatable bonds is 14. The Bertz CT molecular complexity index is 773. The van der Waals surface area contributed by atoms with E-state index >= 15 is 0 Å². The minimum Gasteiger partial charge on any atom is -0.384 e. The number of hydrogen-bond donors (Lipinski definition) is 2. The molecule has 1 aliphatic rings. The van der Waals surface area contributed by atoms with Gasteiger partial charge in [0.25, 0.3) is 0 Å². The first-order valence-corrected chi connectivity index (χ1v) is 13.5. The van der Waals surface area contributed by atoms with Crippen LogP contribution in [0.3, 0.4) is 0 Å². The SMILES string of the molecule is CC1=C(C/C=C(\C)CCCC(C)CCCC(C)CCCC(C)C)C(O)c2ccccc2C1O. The van der Waals surface area contributed by atoms with Gasteiger partial charge in [-0.15, -0.1) is 0 Å². The van der Waals surface area contributed by atoms with E-state index in [0.717, 1.165) is 46.4 Å². The highest BCUT2D eigenvalue weighted by atomic mass is 16.3. The number of hydrogen-bond acceptors (Lipinski definition) is 2. The van der Waals surface area contributed by atoms with Gasteiger partial charge in [-0.2, -0.15) is 0 Å². The van der Waals surface area contributed by atoms with Gasteiger partial charge in [0.2, 0.25) is 0 Å². The lowest BCUT2D eigenvalue weighted by Crippen LogP contribution is -2.17. The van der Waals surface area contributed by atoms with E-state index in [0.29, 0.717) is 6.42 Å². The molecule has 2 rings (SSSR count). The average Bonchev–Trinajstić information content (AvgIpc) is 2.77. The molecule has 0 heterocycles.